The molecule has 0 unspecified atom stereocenters. The third-order valence-corrected chi connectivity index (χ3v) is 6.46. The molecule has 1 aliphatic carbocycles. The van der Waals surface area contributed by atoms with Crippen molar-refractivity contribution in [1.82, 2.24) is 9.78 Å². The second kappa shape index (κ2) is 9.53. The lowest BCUT2D eigenvalue weighted by molar-refractivity contribution is 0.0526. The van der Waals surface area contributed by atoms with Crippen molar-refractivity contribution in [2.45, 2.75) is 39.3 Å². The van der Waals surface area contributed by atoms with Gasteiger partial charge in [-0.1, -0.05) is 23.7 Å². The number of amides is 1. The molecule has 1 amide bonds. The van der Waals surface area contributed by atoms with Crippen LogP contribution in [0.4, 0.5) is 5.00 Å². The standard InChI is InChI=1S/C22H22ClN3O4S/c1-2-29-22(28)19-14-7-3-6-10-18(14)31-21(19)24-20(27)16-11-12-26(25-16)13-30-17-9-5-4-8-15(17)23/h4-5,8-9,11-12H,2-3,6-7,10,13H2,1H3,(H,24,27). The smallest absolute Gasteiger partial charge is 0.341 e. The Morgan fingerprint density at radius 1 is 1.23 bits per heavy atom. The Morgan fingerprint density at radius 2 is 2.03 bits per heavy atom. The lowest BCUT2D eigenvalue weighted by Crippen LogP contribution is -2.17. The van der Waals surface area contributed by atoms with Crippen molar-refractivity contribution in [3.8, 4) is 5.75 Å². The predicted molar refractivity (Wildman–Crippen MR) is 119 cm³/mol. The first-order valence-electron chi connectivity index (χ1n) is 10.1. The van der Waals surface area contributed by atoms with Crippen LogP contribution in [0.15, 0.2) is 36.5 Å². The maximum Gasteiger partial charge on any atom is 0.341 e. The van der Waals surface area contributed by atoms with E-state index in [2.05, 4.69) is 10.4 Å². The molecule has 0 aliphatic heterocycles. The average Bonchev–Trinajstić information content (AvgIpc) is 3.38. The number of aryl methyl sites for hydroxylation is 1. The number of carbonyl (C=O) groups is 2. The molecule has 0 spiro atoms. The number of nitrogens with zero attached hydrogens (tertiary/aromatic N) is 2. The van der Waals surface area contributed by atoms with Crippen LogP contribution < -0.4 is 10.1 Å². The molecule has 7 nitrogen and oxygen atoms in total. The number of esters is 1. The lowest BCUT2D eigenvalue weighted by atomic mass is 9.95. The monoisotopic (exact) mass is 459 g/mol. The van der Waals surface area contributed by atoms with Crippen molar-refractivity contribution in [1.29, 1.82) is 0 Å². The molecule has 0 atom stereocenters. The number of anilines is 1. The van der Waals surface area contributed by atoms with Crippen molar-refractivity contribution < 1.29 is 19.1 Å². The number of rotatable bonds is 7. The Morgan fingerprint density at radius 3 is 2.84 bits per heavy atom. The highest BCUT2D eigenvalue weighted by Gasteiger charge is 2.27. The second-order valence-electron chi connectivity index (χ2n) is 7.03. The summed E-state index contributed by atoms with van der Waals surface area (Å²) in [5.74, 6) is -0.245. The van der Waals surface area contributed by atoms with E-state index in [-0.39, 0.29) is 24.9 Å². The van der Waals surface area contributed by atoms with Crippen LogP contribution in [0.3, 0.4) is 0 Å². The molecule has 162 valence electrons. The fraction of sp³-hybridized carbons (Fsp3) is 0.318. The molecule has 4 rings (SSSR count). The van der Waals surface area contributed by atoms with E-state index in [9.17, 15) is 9.59 Å². The van der Waals surface area contributed by atoms with Crippen LogP contribution in [-0.4, -0.2) is 28.3 Å². The minimum Gasteiger partial charge on any atom is -0.470 e. The minimum absolute atomic E-state index is 0.110. The van der Waals surface area contributed by atoms with Crippen molar-refractivity contribution in [3.63, 3.8) is 0 Å². The zero-order valence-electron chi connectivity index (χ0n) is 17.0. The molecule has 2 heterocycles. The zero-order valence-corrected chi connectivity index (χ0v) is 18.6. The summed E-state index contributed by atoms with van der Waals surface area (Å²) in [7, 11) is 0. The first-order valence-corrected chi connectivity index (χ1v) is 11.3. The van der Waals surface area contributed by atoms with Crippen LogP contribution in [0.1, 0.15) is 51.1 Å². The summed E-state index contributed by atoms with van der Waals surface area (Å²) in [6.07, 6.45) is 5.50. The van der Waals surface area contributed by atoms with Crippen molar-refractivity contribution in [2.24, 2.45) is 0 Å². The number of para-hydroxylation sites is 1. The Hall–Kier alpha value is -2.84. The van der Waals surface area contributed by atoms with Gasteiger partial charge in [-0.05, 0) is 56.4 Å². The topological polar surface area (TPSA) is 82.5 Å². The van der Waals surface area contributed by atoms with Gasteiger partial charge in [-0.25, -0.2) is 9.48 Å². The van der Waals surface area contributed by atoms with Gasteiger partial charge in [-0.3, -0.25) is 4.79 Å². The van der Waals surface area contributed by atoms with Crippen molar-refractivity contribution in [3.05, 3.63) is 63.2 Å². The quantitative estimate of drug-likeness (QED) is 0.506. The Bertz CT molecular complexity index is 1110. The normalized spacial score (nSPS) is 12.8. The van der Waals surface area contributed by atoms with Crippen molar-refractivity contribution >= 4 is 39.8 Å². The van der Waals surface area contributed by atoms with Crippen LogP contribution in [0.2, 0.25) is 5.02 Å². The number of thiophene rings is 1. The summed E-state index contributed by atoms with van der Waals surface area (Å²) in [6.45, 7) is 2.16. The van der Waals surface area contributed by atoms with E-state index >= 15 is 0 Å². The van der Waals surface area contributed by atoms with E-state index < -0.39 is 5.97 Å². The van der Waals surface area contributed by atoms with Gasteiger partial charge in [0.15, 0.2) is 12.4 Å². The van der Waals surface area contributed by atoms with Gasteiger partial charge in [0.05, 0.1) is 17.2 Å². The number of fused-ring (bicyclic) bond motifs is 1. The third kappa shape index (κ3) is 4.75. The summed E-state index contributed by atoms with van der Waals surface area (Å²) < 4.78 is 12.4. The molecule has 0 radical (unpaired) electrons. The second-order valence-corrected chi connectivity index (χ2v) is 8.55. The molecule has 31 heavy (non-hydrogen) atoms. The van der Waals surface area contributed by atoms with E-state index in [1.165, 1.54) is 16.0 Å². The number of ether oxygens (including phenoxy) is 2. The Labute approximate surface area is 188 Å². The van der Waals surface area contributed by atoms with E-state index in [0.717, 1.165) is 36.1 Å². The number of benzene rings is 1. The summed E-state index contributed by atoms with van der Waals surface area (Å²) in [5, 5.41) is 8.16. The number of hydrogen-bond donors (Lipinski definition) is 1. The maximum absolute atomic E-state index is 12.8. The number of aromatic nitrogens is 2. The summed E-state index contributed by atoms with van der Waals surface area (Å²) >= 11 is 7.54. The maximum atomic E-state index is 12.8. The molecular formula is C22H22ClN3O4S. The van der Waals surface area contributed by atoms with Gasteiger partial charge in [0, 0.05) is 11.1 Å². The van der Waals surface area contributed by atoms with Crippen LogP contribution in [0.25, 0.3) is 0 Å². The highest BCUT2D eigenvalue weighted by atomic mass is 35.5. The van der Waals surface area contributed by atoms with E-state index in [1.54, 1.807) is 31.3 Å². The van der Waals surface area contributed by atoms with Gasteiger partial charge in [0.25, 0.3) is 5.91 Å². The molecule has 9 heteroatoms. The highest BCUT2D eigenvalue weighted by molar-refractivity contribution is 7.17. The van der Waals surface area contributed by atoms with Crippen molar-refractivity contribution in [2.75, 3.05) is 11.9 Å². The summed E-state index contributed by atoms with van der Waals surface area (Å²) in [6, 6.07) is 8.74. The van der Waals surface area contributed by atoms with Gasteiger partial charge in [-0.15, -0.1) is 11.3 Å². The molecule has 1 N–H and O–H groups in total. The van der Waals surface area contributed by atoms with E-state index in [1.807, 2.05) is 12.1 Å². The van der Waals surface area contributed by atoms with E-state index in [4.69, 9.17) is 21.1 Å². The van der Waals surface area contributed by atoms with E-state index in [0.29, 0.717) is 21.3 Å². The molecule has 0 bridgehead atoms. The number of carbonyl (C=O) groups excluding carboxylic acids is 2. The molecular weight excluding hydrogens is 438 g/mol. The van der Waals surface area contributed by atoms with Crippen LogP contribution in [0, 0.1) is 0 Å². The fourth-order valence-electron chi connectivity index (χ4n) is 3.49. The molecule has 0 fully saturated rings. The van der Waals surface area contributed by atoms with Gasteiger partial charge < -0.3 is 14.8 Å². The first-order chi connectivity index (χ1) is 15.1. The molecule has 0 saturated heterocycles. The fourth-order valence-corrected chi connectivity index (χ4v) is 4.96. The number of halogens is 1. The number of hydrogen-bond acceptors (Lipinski definition) is 6. The Balaban J connectivity index is 1.48. The molecule has 1 aromatic carbocycles. The SMILES string of the molecule is CCOC(=O)c1c(NC(=O)c2ccn(COc3ccccc3Cl)n2)sc2c1CCCC2. The van der Waals surface area contributed by atoms with Gasteiger partial charge in [-0.2, -0.15) is 5.10 Å². The minimum atomic E-state index is -0.393. The Kier molecular flexibility index (Phi) is 6.58. The van der Waals surface area contributed by atoms with Crippen LogP contribution >= 0.6 is 22.9 Å². The predicted octanol–water partition coefficient (Wildman–Crippen LogP) is 4.94. The van der Waals surface area contributed by atoms with Gasteiger partial charge in [0.1, 0.15) is 10.8 Å². The summed E-state index contributed by atoms with van der Waals surface area (Å²) in [5.41, 5.74) is 1.71. The zero-order chi connectivity index (χ0) is 21.8. The number of nitrogens with one attached hydrogen (secondary N) is 1. The van der Waals surface area contributed by atoms with Gasteiger partial charge in [0.2, 0.25) is 0 Å². The van der Waals surface area contributed by atoms with Crippen LogP contribution in [0.5, 0.6) is 5.75 Å². The summed E-state index contributed by atoms with van der Waals surface area (Å²) in [4.78, 5) is 26.5. The molecule has 2 aromatic heterocycles. The third-order valence-electron chi connectivity index (χ3n) is 4.94. The molecule has 1 aliphatic rings. The largest absolute Gasteiger partial charge is 0.470 e. The van der Waals surface area contributed by atoms with Gasteiger partial charge >= 0.3 is 5.97 Å². The molecule has 3 aromatic rings. The molecule has 0 saturated carbocycles. The van der Waals surface area contributed by atoms with Crippen LogP contribution in [-0.2, 0) is 24.3 Å². The first kappa shape index (κ1) is 21.4. The lowest BCUT2D eigenvalue weighted by Gasteiger charge is -2.12. The highest BCUT2D eigenvalue weighted by Crippen LogP contribution is 2.38. The average molecular weight is 460 g/mol.